The van der Waals surface area contributed by atoms with Crippen LogP contribution in [0.4, 0.5) is 0 Å². The number of nitrogens with zero attached hydrogens (tertiary/aromatic N) is 3. The minimum absolute atomic E-state index is 0.0162. The van der Waals surface area contributed by atoms with Crippen LogP contribution in [-0.2, 0) is 29.5 Å². The van der Waals surface area contributed by atoms with Gasteiger partial charge in [-0.05, 0) is 63.6 Å². The van der Waals surface area contributed by atoms with Gasteiger partial charge in [-0.25, -0.2) is 9.48 Å². The highest BCUT2D eigenvalue weighted by Crippen LogP contribution is 2.17. The first kappa shape index (κ1) is 30.1. The lowest BCUT2D eigenvalue weighted by Crippen LogP contribution is -2.41. The second-order valence-electron chi connectivity index (χ2n) is 9.35. The number of aromatic nitrogens is 3. The highest BCUT2D eigenvalue weighted by Gasteiger charge is 2.15. The van der Waals surface area contributed by atoms with Gasteiger partial charge in [-0.3, -0.25) is 14.2 Å². The number of benzene rings is 1. The maximum atomic E-state index is 12.7. The van der Waals surface area contributed by atoms with Crippen LogP contribution in [0.15, 0.2) is 33.9 Å². The van der Waals surface area contributed by atoms with Crippen LogP contribution in [-0.4, -0.2) is 40.1 Å². The minimum atomic E-state index is -0.451. The molecule has 0 bridgehead atoms. The van der Waals surface area contributed by atoms with E-state index in [1.54, 1.807) is 13.8 Å². The third-order valence-corrected chi connectivity index (χ3v) is 6.10. The van der Waals surface area contributed by atoms with Gasteiger partial charge in [0.15, 0.2) is 0 Å². The van der Waals surface area contributed by atoms with Gasteiger partial charge in [0, 0.05) is 13.6 Å². The van der Waals surface area contributed by atoms with Gasteiger partial charge in [-0.2, -0.15) is 0 Å². The van der Waals surface area contributed by atoms with Crippen LogP contribution < -0.4 is 20.7 Å². The molecule has 2 rings (SSSR count). The summed E-state index contributed by atoms with van der Waals surface area (Å²) in [7, 11) is 1.54. The van der Waals surface area contributed by atoms with E-state index in [9.17, 15) is 14.4 Å². The molecule has 9 nitrogen and oxygen atoms in total. The number of rotatable bonds is 18. The first-order valence-corrected chi connectivity index (χ1v) is 13.6. The van der Waals surface area contributed by atoms with E-state index in [1.807, 2.05) is 18.2 Å². The Labute approximate surface area is 219 Å². The lowest BCUT2D eigenvalue weighted by atomic mass is 10.1. The Kier molecular flexibility index (Phi) is 13.5. The molecule has 0 fully saturated rings. The Balaban J connectivity index is 1.75. The van der Waals surface area contributed by atoms with E-state index in [0.29, 0.717) is 19.8 Å². The first-order valence-electron chi connectivity index (χ1n) is 13.6. The zero-order valence-electron chi connectivity index (χ0n) is 22.9. The summed E-state index contributed by atoms with van der Waals surface area (Å²) in [6, 6.07) is 7.88. The van der Waals surface area contributed by atoms with E-state index in [2.05, 4.69) is 18.1 Å². The summed E-state index contributed by atoms with van der Waals surface area (Å²) in [4.78, 5) is 36.8. The fraction of sp³-hybridized carbons (Fsp3) is 0.643. The number of carbonyl (C=O) groups excluding carboxylic acids is 1. The van der Waals surface area contributed by atoms with Gasteiger partial charge in [-0.1, -0.05) is 44.7 Å². The fourth-order valence-corrected chi connectivity index (χ4v) is 3.90. The van der Waals surface area contributed by atoms with Crippen molar-refractivity contribution in [1.82, 2.24) is 14.3 Å². The zero-order chi connectivity index (χ0) is 27.0. The molecule has 0 N–H and O–H groups in total. The fourth-order valence-electron chi connectivity index (χ4n) is 3.90. The number of unbranched alkanes of at least 4 members (excludes halogenated alkanes) is 6. The van der Waals surface area contributed by atoms with Crippen molar-refractivity contribution in [3.63, 3.8) is 0 Å². The molecule has 0 amide bonds. The summed E-state index contributed by atoms with van der Waals surface area (Å²) in [5, 5.41) is 4.02. The molecule has 1 atom stereocenters. The van der Waals surface area contributed by atoms with Crippen molar-refractivity contribution in [1.29, 1.82) is 0 Å². The predicted octanol–water partition coefficient (Wildman–Crippen LogP) is 4.28. The number of hydrogen-bond acceptors (Lipinski definition) is 7. The Bertz CT molecular complexity index is 1080. The van der Waals surface area contributed by atoms with Crippen LogP contribution >= 0.6 is 0 Å². The molecule has 0 spiro atoms. The van der Waals surface area contributed by atoms with Gasteiger partial charge in [0.2, 0.25) is 0 Å². The Hall–Kier alpha value is -3.10. The second kappa shape index (κ2) is 16.6. The second-order valence-corrected chi connectivity index (χ2v) is 9.35. The number of hydrogen-bond donors (Lipinski definition) is 0. The SMILES string of the molecule is CCCCCCCn1c(=O)c(OCCCCCc2cccc(OCC(C)C(=O)OCC)c2)nn(C)c1=O. The quantitative estimate of drug-likeness (QED) is 0.215. The summed E-state index contributed by atoms with van der Waals surface area (Å²) in [6.45, 7) is 7.12. The smallest absolute Gasteiger partial charge is 0.347 e. The summed E-state index contributed by atoms with van der Waals surface area (Å²) in [6.07, 6.45) is 8.71. The van der Waals surface area contributed by atoms with E-state index in [4.69, 9.17) is 14.2 Å². The molecule has 1 unspecified atom stereocenters. The molecule has 1 aromatic heterocycles. The van der Waals surface area contributed by atoms with Crippen LogP contribution in [0.3, 0.4) is 0 Å². The Morgan fingerprint density at radius 1 is 1.00 bits per heavy atom. The molecule has 1 aromatic carbocycles. The highest BCUT2D eigenvalue weighted by molar-refractivity contribution is 5.72. The van der Waals surface area contributed by atoms with Crippen molar-refractivity contribution in [3.05, 3.63) is 50.7 Å². The molecular weight excluding hydrogens is 474 g/mol. The van der Waals surface area contributed by atoms with Gasteiger partial charge in [0.1, 0.15) is 12.4 Å². The lowest BCUT2D eigenvalue weighted by molar-refractivity contribution is -0.148. The van der Waals surface area contributed by atoms with E-state index < -0.39 is 11.2 Å². The standard InChI is InChI=1S/C28H43N3O6/c1-5-7-8-9-12-18-31-26(32)25(29-30(4)28(31)34)36-19-13-10-11-15-23-16-14-17-24(20-23)37-21-22(3)27(33)35-6-2/h14,16-17,20,22H,5-13,15,18-19,21H2,1-4H3. The predicted molar refractivity (Wildman–Crippen MR) is 143 cm³/mol. The van der Waals surface area contributed by atoms with Crippen molar-refractivity contribution in [2.45, 2.75) is 85.1 Å². The number of aryl methyl sites for hydroxylation is 2. The maximum Gasteiger partial charge on any atom is 0.347 e. The van der Waals surface area contributed by atoms with Crippen molar-refractivity contribution >= 4 is 5.97 Å². The van der Waals surface area contributed by atoms with Gasteiger partial charge in [-0.15, -0.1) is 5.10 Å². The lowest BCUT2D eigenvalue weighted by Gasteiger charge is -2.13. The summed E-state index contributed by atoms with van der Waals surface area (Å²) in [5.74, 6) is 0.145. The minimum Gasteiger partial charge on any atom is -0.493 e. The summed E-state index contributed by atoms with van der Waals surface area (Å²) < 4.78 is 18.8. The van der Waals surface area contributed by atoms with Crippen molar-refractivity contribution < 1.29 is 19.0 Å². The molecule has 206 valence electrons. The first-order chi connectivity index (χ1) is 17.9. The third-order valence-electron chi connectivity index (χ3n) is 6.10. The molecule has 2 aromatic rings. The summed E-state index contributed by atoms with van der Waals surface area (Å²) in [5.41, 5.74) is 0.297. The van der Waals surface area contributed by atoms with Crippen LogP contribution in [0.2, 0.25) is 0 Å². The highest BCUT2D eigenvalue weighted by atomic mass is 16.5. The molecule has 0 saturated heterocycles. The molecule has 0 aliphatic carbocycles. The van der Waals surface area contributed by atoms with Crippen LogP contribution in [0, 0.1) is 5.92 Å². The van der Waals surface area contributed by atoms with Gasteiger partial charge >= 0.3 is 17.2 Å². The van der Waals surface area contributed by atoms with E-state index in [0.717, 1.165) is 69.1 Å². The molecule has 0 radical (unpaired) electrons. The molecule has 37 heavy (non-hydrogen) atoms. The maximum absolute atomic E-state index is 12.7. The molecule has 0 aliphatic heterocycles. The molecular formula is C28H43N3O6. The molecule has 0 aliphatic rings. The van der Waals surface area contributed by atoms with Crippen molar-refractivity contribution in [3.8, 4) is 11.6 Å². The van der Waals surface area contributed by atoms with Crippen molar-refractivity contribution in [2.75, 3.05) is 19.8 Å². The van der Waals surface area contributed by atoms with E-state index >= 15 is 0 Å². The molecule has 0 saturated carbocycles. The van der Waals surface area contributed by atoms with E-state index in [1.165, 1.54) is 16.3 Å². The zero-order valence-corrected chi connectivity index (χ0v) is 22.9. The van der Waals surface area contributed by atoms with Gasteiger partial charge in [0.05, 0.1) is 19.1 Å². The third kappa shape index (κ3) is 10.4. The van der Waals surface area contributed by atoms with E-state index in [-0.39, 0.29) is 24.4 Å². The normalized spacial score (nSPS) is 11.8. The Morgan fingerprint density at radius 2 is 1.76 bits per heavy atom. The van der Waals surface area contributed by atoms with Gasteiger partial charge in [0.25, 0.3) is 5.88 Å². The number of carbonyl (C=O) groups is 1. The van der Waals surface area contributed by atoms with Crippen LogP contribution in [0.5, 0.6) is 11.6 Å². The average Bonchev–Trinajstić information content (AvgIpc) is 2.89. The number of ether oxygens (including phenoxy) is 3. The topological polar surface area (TPSA) is 102 Å². The summed E-state index contributed by atoms with van der Waals surface area (Å²) >= 11 is 0. The van der Waals surface area contributed by atoms with Gasteiger partial charge < -0.3 is 14.2 Å². The molecule has 9 heteroatoms. The molecule has 1 heterocycles. The monoisotopic (exact) mass is 517 g/mol. The largest absolute Gasteiger partial charge is 0.493 e. The number of esters is 1. The Morgan fingerprint density at radius 3 is 2.51 bits per heavy atom. The van der Waals surface area contributed by atoms with Crippen LogP contribution in [0.25, 0.3) is 0 Å². The van der Waals surface area contributed by atoms with Crippen LogP contribution in [0.1, 0.15) is 77.7 Å². The van der Waals surface area contributed by atoms with Crippen molar-refractivity contribution in [2.24, 2.45) is 13.0 Å². The average molecular weight is 518 g/mol.